The molecule has 0 bridgehead atoms. The zero-order valence-corrected chi connectivity index (χ0v) is 13.6. The topological polar surface area (TPSA) is 38.0 Å². The molecule has 0 aliphatic carbocycles. The van der Waals surface area contributed by atoms with Crippen LogP contribution >= 0.6 is 50.5 Å². The average Bonchev–Trinajstić information content (AvgIpc) is 2.83. The van der Waals surface area contributed by atoms with Crippen LogP contribution in [-0.4, -0.2) is 14.9 Å². The Morgan fingerprint density at radius 3 is 2.61 bits per heavy atom. The molecule has 1 N–H and O–H groups in total. The molecule has 0 spiro atoms. The maximum Gasteiger partial charge on any atom is 0.131 e. The summed E-state index contributed by atoms with van der Waals surface area (Å²) in [6.45, 7) is 3.97. The third-order valence-electron chi connectivity index (χ3n) is 2.47. The van der Waals surface area contributed by atoms with Crippen molar-refractivity contribution in [1.82, 2.24) is 9.78 Å². The second kappa shape index (κ2) is 5.51. The van der Waals surface area contributed by atoms with E-state index in [2.05, 4.69) is 21.0 Å². The highest BCUT2D eigenvalue weighted by Gasteiger charge is 2.23. The molecule has 1 unspecified atom stereocenters. The largest absolute Gasteiger partial charge is 0.381 e. The van der Waals surface area contributed by atoms with E-state index >= 15 is 0 Å². The van der Waals surface area contributed by atoms with Crippen LogP contribution in [0.5, 0.6) is 0 Å². The first-order chi connectivity index (χ1) is 8.41. The average molecular weight is 370 g/mol. The zero-order chi connectivity index (χ0) is 13.4. The number of hydrogen-bond donors (Lipinski definition) is 1. The molecule has 2 aromatic heterocycles. The molecule has 98 valence electrons. The minimum atomic E-state index is -0.823. The van der Waals surface area contributed by atoms with Crippen LogP contribution in [-0.2, 0) is 0 Å². The first-order valence-corrected chi connectivity index (χ1v) is 7.64. The maximum absolute atomic E-state index is 10.4. The minimum Gasteiger partial charge on any atom is -0.381 e. The number of nitrogens with zero attached hydrogens (tertiary/aromatic N) is 2. The molecular formula is C11H11BrCl2N2OS. The molecule has 0 aliphatic rings. The van der Waals surface area contributed by atoms with Crippen LogP contribution < -0.4 is 0 Å². The van der Waals surface area contributed by atoms with Gasteiger partial charge in [0.25, 0.3) is 0 Å². The van der Waals surface area contributed by atoms with Gasteiger partial charge in [-0.25, -0.2) is 0 Å². The Morgan fingerprint density at radius 2 is 2.11 bits per heavy atom. The molecule has 3 nitrogen and oxygen atoms in total. The van der Waals surface area contributed by atoms with E-state index in [-0.39, 0.29) is 6.04 Å². The molecule has 2 aromatic rings. The SMILES string of the molecule is CC(C)n1ncc(Cl)c1C(O)c1cc(Br)c(Cl)s1. The maximum atomic E-state index is 10.4. The van der Waals surface area contributed by atoms with Gasteiger partial charge in [0.15, 0.2) is 0 Å². The molecule has 1 atom stereocenters. The van der Waals surface area contributed by atoms with E-state index in [1.807, 2.05) is 13.8 Å². The van der Waals surface area contributed by atoms with Crippen molar-refractivity contribution in [2.45, 2.75) is 26.0 Å². The lowest BCUT2D eigenvalue weighted by atomic mass is 10.2. The Balaban J connectivity index is 2.45. The first-order valence-electron chi connectivity index (χ1n) is 5.27. The Bertz CT molecular complexity index is 548. The lowest BCUT2D eigenvalue weighted by Gasteiger charge is -2.15. The van der Waals surface area contributed by atoms with Crippen LogP contribution in [0.4, 0.5) is 0 Å². The van der Waals surface area contributed by atoms with E-state index in [1.165, 1.54) is 11.3 Å². The Kier molecular flexibility index (Phi) is 4.39. The van der Waals surface area contributed by atoms with Crippen LogP contribution in [0.25, 0.3) is 0 Å². The van der Waals surface area contributed by atoms with Gasteiger partial charge < -0.3 is 5.11 Å². The van der Waals surface area contributed by atoms with Crippen LogP contribution in [0.15, 0.2) is 16.7 Å². The van der Waals surface area contributed by atoms with E-state index < -0.39 is 6.10 Å². The summed E-state index contributed by atoms with van der Waals surface area (Å²) in [5.41, 5.74) is 0.595. The second-order valence-corrected chi connectivity index (χ2v) is 7.04. The number of halogens is 3. The third kappa shape index (κ3) is 2.60. The molecule has 2 rings (SSSR count). The van der Waals surface area contributed by atoms with Crippen LogP contribution in [0.2, 0.25) is 9.36 Å². The van der Waals surface area contributed by atoms with E-state index in [0.29, 0.717) is 15.1 Å². The quantitative estimate of drug-likeness (QED) is 0.853. The highest BCUT2D eigenvalue weighted by Crippen LogP contribution is 2.39. The molecule has 18 heavy (non-hydrogen) atoms. The van der Waals surface area contributed by atoms with Crippen LogP contribution in [0, 0.1) is 0 Å². The van der Waals surface area contributed by atoms with Gasteiger partial charge in [0.2, 0.25) is 0 Å². The summed E-state index contributed by atoms with van der Waals surface area (Å²) in [4.78, 5) is 0.733. The van der Waals surface area contributed by atoms with E-state index in [4.69, 9.17) is 23.2 Å². The van der Waals surface area contributed by atoms with Gasteiger partial charge in [-0.15, -0.1) is 11.3 Å². The summed E-state index contributed by atoms with van der Waals surface area (Å²) in [6.07, 6.45) is 0.723. The standard InChI is InChI=1S/C11H11BrCl2N2OS/c1-5(2)16-9(7(13)4-15-16)10(17)8-3-6(12)11(14)18-8/h3-5,10,17H,1-2H3. The molecule has 0 aliphatic heterocycles. The van der Waals surface area contributed by atoms with E-state index in [0.717, 1.165) is 9.35 Å². The minimum absolute atomic E-state index is 0.126. The summed E-state index contributed by atoms with van der Waals surface area (Å²) >= 11 is 16.7. The van der Waals surface area contributed by atoms with Crippen molar-refractivity contribution in [2.75, 3.05) is 0 Å². The van der Waals surface area contributed by atoms with Gasteiger partial charge in [-0.3, -0.25) is 4.68 Å². The molecule has 7 heteroatoms. The van der Waals surface area contributed by atoms with Gasteiger partial charge in [-0.05, 0) is 35.8 Å². The summed E-state index contributed by atoms with van der Waals surface area (Å²) in [5, 5.41) is 15.0. The Labute approximate surface area is 127 Å². The molecule has 0 amide bonds. The summed E-state index contributed by atoms with van der Waals surface area (Å²) in [7, 11) is 0. The van der Waals surface area contributed by atoms with Gasteiger partial charge in [-0.2, -0.15) is 5.10 Å². The van der Waals surface area contributed by atoms with Crippen LogP contribution in [0.3, 0.4) is 0 Å². The smallest absolute Gasteiger partial charge is 0.131 e. The van der Waals surface area contributed by atoms with E-state index in [9.17, 15) is 5.11 Å². The summed E-state index contributed by atoms with van der Waals surface area (Å²) in [5.74, 6) is 0. The lowest BCUT2D eigenvalue weighted by molar-refractivity contribution is 0.209. The molecule has 0 saturated carbocycles. The summed E-state index contributed by atoms with van der Waals surface area (Å²) in [6, 6.07) is 1.92. The van der Waals surface area contributed by atoms with Crippen molar-refractivity contribution >= 4 is 50.5 Å². The fourth-order valence-electron chi connectivity index (χ4n) is 1.65. The summed E-state index contributed by atoms with van der Waals surface area (Å²) < 4.78 is 3.10. The van der Waals surface area contributed by atoms with Crippen molar-refractivity contribution in [2.24, 2.45) is 0 Å². The third-order valence-corrected chi connectivity index (χ3v) is 5.29. The monoisotopic (exact) mass is 368 g/mol. The Morgan fingerprint density at radius 1 is 1.44 bits per heavy atom. The van der Waals surface area contributed by atoms with Gasteiger partial charge in [0.05, 0.1) is 16.9 Å². The second-order valence-electron chi connectivity index (χ2n) is 4.09. The number of hydrogen-bond acceptors (Lipinski definition) is 3. The highest BCUT2D eigenvalue weighted by atomic mass is 79.9. The van der Waals surface area contributed by atoms with Gasteiger partial charge in [0.1, 0.15) is 10.4 Å². The van der Waals surface area contributed by atoms with E-state index in [1.54, 1.807) is 16.9 Å². The molecule has 0 fully saturated rings. The molecule has 0 aromatic carbocycles. The van der Waals surface area contributed by atoms with Crippen molar-refractivity contribution in [3.05, 3.63) is 36.7 Å². The Hall–Kier alpha value is -0.0700. The fraction of sp³-hybridized carbons (Fsp3) is 0.364. The molecule has 0 saturated heterocycles. The van der Waals surface area contributed by atoms with Crippen molar-refractivity contribution in [3.63, 3.8) is 0 Å². The molecule has 2 heterocycles. The van der Waals surface area contributed by atoms with Gasteiger partial charge in [0, 0.05) is 15.4 Å². The van der Waals surface area contributed by atoms with Gasteiger partial charge in [-0.1, -0.05) is 23.2 Å². The number of rotatable bonds is 3. The number of thiophene rings is 1. The fourth-order valence-corrected chi connectivity index (χ4v) is 3.61. The normalized spacial score (nSPS) is 13.3. The zero-order valence-electron chi connectivity index (χ0n) is 9.69. The number of aliphatic hydroxyl groups is 1. The van der Waals surface area contributed by atoms with Gasteiger partial charge >= 0.3 is 0 Å². The lowest BCUT2D eigenvalue weighted by Crippen LogP contribution is -2.11. The van der Waals surface area contributed by atoms with Crippen molar-refractivity contribution < 1.29 is 5.11 Å². The highest BCUT2D eigenvalue weighted by molar-refractivity contribution is 9.10. The number of aromatic nitrogens is 2. The van der Waals surface area contributed by atoms with Crippen molar-refractivity contribution in [1.29, 1.82) is 0 Å². The predicted molar refractivity (Wildman–Crippen MR) is 78.7 cm³/mol. The predicted octanol–water partition coefficient (Wildman–Crippen LogP) is 4.68. The van der Waals surface area contributed by atoms with Crippen LogP contribution in [0.1, 0.15) is 36.6 Å². The van der Waals surface area contributed by atoms with Crippen molar-refractivity contribution in [3.8, 4) is 0 Å². The first kappa shape index (κ1) is 14.3. The molecule has 0 radical (unpaired) electrons. The number of aliphatic hydroxyl groups excluding tert-OH is 1. The molecular weight excluding hydrogens is 359 g/mol.